The molecule has 0 saturated carbocycles. The molecular weight excluding hydrogens is 493 g/mol. The van der Waals surface area contributed by atoms with Gasteiger partial charge in [-0.25, -0.2) is 14.0 Å². The van der Waals surface area contributed by atoms with E-state index in [9.17, 15) is 9.59 Å². The minimum absolute atomic E-state index is 0.0774. The molecule has 0 aliphatic rings. The van der Waals surface area contributed by atoms with Crippen molar-refractivity contribution in [2.45, 2.75) is 12.3 Å². The minimum atomic E-state index is -0.766. The Kier molecular flexibility index (Phi) is 7.56. The van der Waals surface area contributed by atoms with Crippen LogP contribution in [0.4, 0.5) is 4.39 Å². The highest BCUT2D eigenvalue weighted by Crippen LogP contribution is 2.36. The summed E-state index contributed by atoms with van der Waals surface area (Å²) in [5, 5.41) is 12.1. The first-order valence-corrected chi connectivity index (χ1v) is 11.5. The first kappa shape index (κ1) is 26.1. The van der Waals surface area contributed by atoms with E-state index in [2.05, 4.69) is 10.1 Å². The first-order valence-electron chi connectivity index (χ1n) is 11.5. The van der Waals surface area contributed by atoms with Crippen LogP contribution in [-0.2, 0) is 11.2 Å². The molecule has 0 bridgehead atoms. The van der Waals surface area contributed by atoms with E-state index in [1.54, 1.807) is 42.5 Å². The van der Waals surface area contributed by atoms with Crippen LogP contribution >= 0.6 is 0 Å². The number of aromatic nitrogens is 3. The molecule has 1 heterocycles. The average Bonchev–Trinajstić information content (AvgIpc) is 3.32. The van der Waals surface area contributed by atoms with Gasteiger partial charge < -0.3 is 19.9 Å². The summed E-state index contributed by atoms with van der Waals surface area (Å²) in [7, 11) is 4.09. The molecule has 4 aromatic rings. The van der Waals surface area contributed by atoms with E-state index < -0.39 is 23.4 Å². The van der Waals surface area contributed by atoms with Crippen LogP contribution in [-0.4, -0.2) is 47.9 Å². The zero-order chi connectivity index (χ0) is 27.4. The molecule has 0 amide bonds. The second-order valence-electron chi connectivity index (χ2n) is 8.33. The molecule has 38 heavy (non-hydrogen) atoms. The zero-order valence-corrected chi connectivity index (χ0v) is 20.9. The fourth-order valence-electron chi connectivity index (χ4n) is 4.15. The zero-order valence-electron chi connectivity index (χ0n) is 20.9. The van der Waals surface area contributed by atoms with Crippen molar-refractivity contribution in [1.29, 1.82) is 5.41 Å². The predicted molar refractivity (Wildman–Crippen MR) is 138 cm³/mol. The number of halogens is 1. The first-order chi connectivity index (χ1) is 18.3. The molecule has 0 spiro atoms. The summed E-state index contributed by atoms with van der Waals surface area (Å²) in [4.78, 5) is 28.1. The molecule has 1 atom stereocenters. The number of benzene rings is 3. The van der Waals surface area contributed by atoms with Crippen LogP contribution in [0.5, 0.6) is 11.5 Å². The number of hydrogen-bond donors (Lipinski definition) is 3. The Labute approximate surface area is 217 Å². The highest BCUT2D eigenvalue weighted by molar-refractivity contribution is 5.95. The van der Waals surface area contributed by atoms with Crippen molar-refractivity contribution in [2.75, 3.05) is 21.3 Å². The monoisotopic (exact) mass is 519 g/mol. The minimum Gasteiger partial charge on any atom is -0.493 e. The molecule has 0 radical (unpaired) electrons. The molecule has 196 valence electrons. The van der Waals surface area contributed by atoms with Crippen LogP contribution in [0.2, 0.25) is 0 Å². The van der Waals surface area contributed by atoms with Gasteiger partial charge >= 0.3 is 11.7 Å². The Morgan fingerprint density at radius 1 is 1.08 bits per heavy atom. The number of rotatable bonds is 9. The fraction of sp³-hybridized carbons (Fsp3) is 0.185. The number of ether oxygens (including phenoxy) is 3. The lowest BCUT2D eigenvalue weighted by Crippen LogP contribution is -2.19. The third-order valence-corrected chi connectivity index (χ3v) is 6.09. The summed E-state index contributed by atoms with van der Waals surface area (Å²) in [6.45, 7) is 0. The van der Waals surface area contributed by atoms with Crippen LogP contribution < -0.4 is 20.9 Å². The molecule has 4 N–H and O–H groups in total. The second kappa shape index (κ2) is 11.0. The number of esters is 1. The van der Waals surface area contributed by atoms with E-state index in [1.807, 2.05) is 0 Å². The number of aromatic amines is 1. The van der Waals surface area contributed by atoms with Gasteiger partial charge in [-0.3, -0.25) is 10.4 Å². The summed E-state index contributed by atoms with van der Waals surface area (Å²) in [6, 6.07) is 16.0. The van der Waals surface area contributed by atoms with Crippen molar-refractivity contribution in [2.24, 2.45) is 5.73 Å². The van der Waals surface area contributed by atoms with Gasteiger partial charge in [0.25, 0.3) is 0 Å². The largest absolute Gasteiger partial charge is 0.493 e. The maximum Gasteiger partial charge on any atom is 0.348 e. The van der Waals surface area contributed by atoms with Crippen LogP contribution in [0.25, 0.3) is 5.69 Å². The van der Waals surface area contributed by atoms with Crippen molar-refractivity contribution < 1.29 is 23.4 Å². The number of methoxy groups -OCH3 is 3. The molecular formula is C27H26FN5O5. The molecule has 3 aromatic carbocycles. The average molecular weight is 520 g/mol. The highest BCUT2D eigenvalue weighted by Gasteiger charge is 2.26. The third kappa shape index (κ3) is 5.12. The van der Waals surface area contributed by atoms with E-state index in [-0.39, 0.29) is 40.6 Å². The lowest BCUT2D eigenvalue weighted by atomic mass is 9.90. The number of nitrogens with two attached hydrogens (primary N) is 1. The Hall–Kier alpha value is -4.93. The van der Waals surface area contributed by atoms with Gasteiger partial charge in [-0.2, -0.15) is 4.68 Å². The normalized spacial score (nSPS) is 11.6. The predicted octanol–water partition coefficient (Wildman–Crippen LogP) is 3.16. The Morgan fingerprint density at radius 3 is 2.37 bits per heavy atom. The highest BCUT2D eigenvalue weighted by atomic mass is 19.1. The van der Waals surface area contributed by atoms with Gasteiger partial charge in [0.05, 0.1) is 38.5 Å². The van der Waals surface area contributed by atoms with E-state index in [4.69, 9.17) is 25.4 Å². The Morgan fingerprint density at radius 2 is 1.74 bits per heavy atom. The van der Waals surface area contributed by atoms with Crippen LogP contribution in [0.15, 0.2) is 65.5 Å². The van der Waals surface area contributed by atoms with E-state index in [0.29, 0.717) is 11.3 Å². The van der Waals surface area contributed by atoms with Crippen LogP contribution in [0.1, 0.15) is 38.8 Å². The van der Waals surface area contributed by atoms with Crippen molar-refractivity contribution in [3.63, 3.8) is 0 Å². The number of carbonyl (C=O) groups is 1. The topological polar surface area (TPSA) is 145 Å². The van der Waals surface area contributed by atoms with E-state index in [1.165, 1.54) is 39.5 Å². The molecule has 0 saturated heterocycles. The quantitative estimate of drug-likeness (QED) is 0.175. The molecule has 1 aromatic heterocycles. The van der Waals surface area contributed by atoms with Gasteiger partial charge in [0.1, 0.15) is 17.5 Å². The summed E-state index contributed by atoms with van der Waals surface area (Å²) in [5.74, 6) is -1.38. The molecule has 4 rings (SSSR count). The lowest BCUT2D eigenvalue weighted by Gasteiger charge is -2.18. The van der Waals surface area contributed by atoms with E-state index >= 15 is 4.39 Å². The number of nitrogen functional groups attached to an aromatic ring is 1. The number of para-hydroxylation sites is 1. The molecule has 0 fully saturated rings. The smallest absolute Gasteiger partial charge is 0.348 e. The summed E-state index contributed by atoms with van der Waals surface area (Å²) in [6.07, 6.45) is 0.232. The maximum atomic E-state index is 15.4. The summed E-state index contributed by atoms with van der Waals surface area (Å²) >= 11 is 0. The van der Waals surface area contributed by atoms with E-state index in [0.717, 1.165) is 10.2 Å². The second-order valence-corrected chi connectivity index (χ2v) is 8.33. The SMILES string of the molecule is COC(=O)c1ccccc1-n1nc(C(Cc2ccc(C(=N)N)cc2)c2cc(OC)c(OC)cc2F)[nH]c1=O. The van der Waals surface area contributed by atoms with Crippen molar-refractivity contribution in [3.8, 4) is 17.2 Å². The van der Waals surface area contributed by atoms with Crippen molar-refractivity contribution >= 4 is 11.8 Å². The van der Waals surface area contributed by atoms with Crippen molar-refractivity contribution in [3.05, 3.63) is 105 Å². The molecule has 10 nitrogen and oxygen atoms in total. The van der Waals surface area contributed by atoms with Gasteiger partial charge in [-0.1, -0.05) is 36.4 Å². The fourth-order valence-corrected chi connectivity index (χ4v) is 4.15. The number of amidine groups is 1. The van der Waals surface area contributed by atoms with Gasteiger partial charge in [0, 0.05) is 17.2 Å². The van der Waals surface area contributed by atoms with Crippen LogP contribution in [0.3, 0.4) is 0 Å². The number of carbonyl (C=O) groups excluding carboxylic acids is 1. The molecule has 11 heteroatoms. The molecule has 0 aliphatic heterocycles. The lowest BCUT2D eigenvalue weighted by molar-refractivity contribution is 0.0600. The van der Waals surface area contributed by atoms with Gasteiger partial charge in [0.2, 0.25) is 0 Å². The maximum absolute atomic E-state index is 15.4. The number of nitrogens with one attached hydrogen (secondary N) is 2. The van der Waals surface area contributed by atoms with Crippen LogP contribution in [0, 0.1) is 11.2 Å². The van der Waals surface area contributed by atoms with Gasteiger partial charge in [0.15, 0.2) is 11.5 Å². The molecule has 0 aliphatic carbocycles. The van der Waals surface area contributed by atoms with Crippen molar-refractivity contribution in [1.82, 2.24) is 14.8 Å². The Balaban J connectivity index is 1.86. The number of H-pyrrole nitrogens is 1. The van der Waals surface area contributed by atoms with Gasteiger partial charge in [-0.05, 0) is 30.2 Å². The number of nitrogens with zero attached hydrogens (tertiary/aromatic N) is 2. The third-order valence-electron chi connectivity index (χ3n) is 6.09. The van der Waals surface area contributed by atoms with Gasteiger partial charge in [-0.15, -0.1) is 5.10 Å². The summed E-state index contributed by atoms with van der Waals surface area (Å²) < 4.78 is 31.9. The standard InChI is InChI=1S/C27H26FN5O5/c1-36-22-13-18(20(28)14-23(22)37-2)19(12-15-8-10-16(11-9-15)24(29)30)25-31-27(35)33(32-25)21-7-5-4-6-17(21)26(34)38-3/h4-11,13-14,19H,12H2,1-3H3,(H3,29,30)(H,31,32,35). The Bertz CT molecular complexity index is 1540. The summed E-state index contributed by atoms with van der Waals surface area (Å²) in [5.41, 5.74) is 6.83. The number of hydrogen-bond acceptors (Lipinski definition) is 7. The molecule has 1 unspecified atom stereocenters.